The minimum absolute atomic E-state index is 0.0986. The van der Waals surface area contributed by atoms with Crippen molar-refractivity contribution in [2.75, 3.05) is 13.2 Å². The summed E-state index contributed by atoms with van der Waals surface area (Å²) >= 11 is 1.09. The summed E-state index contributed by atoms with van der Waals surface area (Å²) in [7, 11) is 0. The molecule has 0 radical (unpaired) electrons. The van der Waals surface area contributed by atoms with Crippen LogP contribution in [0.15, 0.2) is 10.2 Å². The summed E-state index contributed by atoms with van der Waals surface area (Å²) in [4.78, 5) is 24.8. The van der Waals surface area contributed by atoms with Gasteiger partial charge in [0.2, 0.25) is 0 Å². The molecule has 0 bridgehead atoms. The zero-order valence-electron chi connectivity index (χ0n) is 8.62. The fraction of sp³-hybridized carbons (Fsp3) is 0.556. The number of nitrogens with one attached hydrogen (secondary N) is 3. The fourth-order valence-corrected chi connectivity index (χ4v) is 2.04. The number of rotatable bonds is 3. The Balaban J connectivity index is 1.73. The van der Waals surface area contributed by atoms with Crippen molar-refractivity contribution in [3.63, 3.8) is 0 Å². The third kappa shape index (κ3) is 3.07. The first-order chi connectivity index (χ1) is 7.74. The molecule has 0 aromatic carbocycles. The number of aromatic nitrogens is 1. The standard InChI is InChI=1S/C9H13N3O3S/c13-8(11-6-1-2-15-4-6)10-3-7-5-16-9(14)12-7/h5-6H,1-4H2,(H,12,14)(H2,10,11,13). The number of ether oxygens (including phenoxy) is 1. The first-order valence-corrected chi connectivity index (χ1v) is 5.91. The fourth-order valence-electron chi connectivity index (χ4n) is 1.46. The monoisotopic (exact) mass is 243 g/mol. The van der Waals surface area contributed by atoms with E-state index < -0.39 is 0 Å². The number of carbonyl (C=O) groups excluding carboxylic acids is 1. The minimum atomic E-state index is -0.234. The first kappa shape index (κ1) is 11.2. The number of hydrogen-bond acceptors (Lipinski definition) is 4. The highest BCUT2D eigenvalue weighted by Crippen LogP contribution is 2.02. The number of hydrogen-bond donors (Lipinski definition) is 3. The molecule has 1 aliphatic heterocycles. The van der Waals surface area contributed by atoms with Crippen LogP contribution >= 0.6 is 11.3 Å². The average Bonchev–Trinajstić information content (AvgIpc) is 2.87. The topological polar surface area (TPSA) is 83.2 Å². The molecule has 2 heterocycles. The van der Waals surface area contributed by atoms with Gasteiger partial charge in [0.15, 0.2) is 0 Å². The van der Waals surface area contributed by atoms with Crippen LogP contribution in [0.5, 0.6) is 0 Å². The van der Waals surface area contributed by atoms with Gasteiger partial charge in [-0.3, -0.25) is 4.79 Å². The molecular weight excluding hydrogens is 230 g/mol. The highest BCUT2D eigenvalue weighted by molar-refractivity contribution is 7.07. The highest BCUT2D eigenvalue weighted by atomic mass is 32.1. The average molecular weight is 243 g/mol. The molecule has 0 spiro atoms. The third-order valence-electron chi connectivity index (χ3n) is 2.28. The van der Waals surface area contributed by atoms with Gasteiger partial charge in [0.25, 0.3) is 0 Å². The van der Waals surface area contributed by atoms with E-state index in [0.717, 1.165) is 17.8 Å². The largest absolute Gasteiger partial charge is 0.379 e. The van der Waals surface area contributed by atoms with Crippen LogP contribution < -0.4 is 15.5 Å². The Bertz CT molecular complexity index is 408. The van der Waals surface area contributed by atoms with E-state index in [4.69, 9.17) is 4.74 Å². The Kier molecular flexibility index (Phi) is 3.58. The summed E-state index contributed by atoms with van der Waals surface area (Å²) in [5, 5.41) is 7.16. The van der Waals surface area contributed by atoms with Crippen molar-refractivity contribution in [2.24, 2.45) is 0 Å². The second kappa shape index (κ2) is 5.13. The van der Waals surface area contributed by atoms with E-state index in [-0.39, 0.29) is 16.9 Å². The van der Waals surface area contributed by atoms with Crippen molar-refractivity contribution in [3.8, 4) is 0 Å². The van der Waals surface area contributed by atoms with E-state index in [9.17, 15) is 9.59 Å². The molecule has 2 rings (SSSR count). The second-order valence-corrected chi connectivity index (χ2v) is 4.40. The van der Waals surface area contributed by atoms with Crippen molar-refractivity contribution in [2.45, 2.75) is 19.0 Å². The molecule has 1 unspecified atom stereocenters. The quantitative estimate of drug-likeness (QED) is 0.700. The molecule has 1 saturated heterocycles. The van der Waals surface area contributed by atoms with Crippen LogP contribution in [0.3, 0.4) is 0 Å². The van der Waals surface area contributed by atoms with Crippen LogP contribution in [-0.4, -0.2) is 30.3 Å². The van der Waals surface area contributed by atoms with Gasteiger partial charge < -0.3 is 20.4 Å². The van der Waals surface area contributed by atoms with E-state index in [1.165, 1.54) is 0 Å². The molecule has 2 amide bonds. The molecule has 1 aromatic rings. The molecule has 6 nitrogen and oxygen atoms in total. The zero-order chi connectivity index (χ0) is 11.4. The van der Waals surface area contributed by atoms with Crippen LogP contribution in [0.1, 0.15) is 12.1 Å². The molecule has 1 atom stereocenters. The smallest absolute Gasteiger partial charge is 0.315 e. The number of urea groups is 1. The Morgan fingerprint density at radius 2 is 2.56 bits per heavy atom. The van der Waals surface area contributed by atoms with Crippen molar-refractivity contribution in [1.29, 1.82) is 0 Å². The lowest BCUT2D eigenvalue weighted by atomic mass is 10.3. The maximum Gasteiger partial charge on any atom is 0.315 e. The van der Waals surface area contributed by atoms with Gasteiger partial charge in [-0.25, -0.2) is 4.79 Å². The van der Waals surface area contributed by atoms with E-state index in [1.54, 1.807) is 5.38 Å². The van der Waals surface area contributed by atoms with Crippen molar-refractivity contribution >= 4 is 17.4 Å². The van der Waals surface area contributed by atoms with Crippen LogP contribution in [0.4, 0.5) is 4.79 Å². The summed E-state index contributed by atoms with van der Waals surface area (Å²) in [6, 6.07) is -0.135. The molecule has 1 fully saturated rings. The summed E-state index contributed by atoms with van der Waals surface area (Å²) in [5.74, 6) is 0. The minimum Gasteiger partial charge on any atom is -0.379 e. The lowest BCUT2D eigenvalue weighted by molar-refractivity contribution is 0.188. The van der Waals surface area contributed by atoms with Crippen LogP contribution in [0, 0.1) is 0 Å². The van der Waals surface area contributed by atoms with Gasteiger partial charge in [-0.2, -0.15) is 0 Å². The summed E-state index contributed by atoms with van der Waals surface area (Å²) in [6.07, 6.45) is 0.850. The van der Waals surface area contributed by atoms with Gasteiger partial charge in [-0.15, -0.1) is 0 Å². The Morgan fingerprint density at radius 1 is 1.69 bits per heavy atom. The third-order valence-corrected chi connectivity index (χ3v) is 2.99. The van der Waals surface area contributed by atoms with Gasteiger partial charge in [0, 0.05) is 17.7 Å². The summed E-state index contributed by atoms with van der Waals surface area (Å²) < 4.78 is 5.14. The molecule has 0 aliphatic carbocycles. The predicted molar refractivity (Wildman–Crippen MR) is 59.5 cm³/mol. The lowest BCUT2D eigenvalue weighted by Crippen LogP contribution is -2.42. The zero-order valence-corrected chi connectivity index (χ0v) is 9.43. The first-order valence-electron chi connectivity index (χ1n) is 5.03. The number of H-pyrrole nitrogens is 1. The Labute approximate surface area is 96.0 Å². The van der Waals surface area contributed by atoms with Crippen LogP contribution in [0.25, 0.3) is 0 Å². The number of carbonyl (C=O) groups is 1. The van der Waals surface area contributed by atoms with E-state index in [0.29, 0.717) is 25.5 Å². The van der Waals surface area contributed by atoms with Gasteiger partial charge in [0.1, 0.15) is 0 Å². The maximum absolute atomic E-state index is 11.4. The van der Waals surface area contributed by atoms with E-state index >= 15 is 0 Å². The Morgan fingerprint density at radius 3 is 3.19 bits per heavy atom. The molecular formula is C9H13N3O3S. The molecule has 88 valence electrons. The van der Waals surface area contributed by atoms with Crippen LogP contribution in [-0.2, 0) is 11.3 Å². The molecule has 16 heavy (non-hydrogen) atoms. The van der Waals surface area contributed by atoms with E-state index in [1.807, 2.05) is 0 Å². The second-order valence-electron chi connectivity index (χ2n) is 3.56. The van der Waals surface area contributed by atoms with Crippen molar-refractivity contribution < 1.29 is 9.53 Å². The molecule has 3 N–H and O–H groups in total. The molecule has 1 aromatic heterocycles. The van der Waals surface area contributed by atoms with Gasteiger partial charge in [-0.1, -0.05) is 11.3 Å². The lowest BCUT2D eigenvalue weighted by Gasteiger charge is -2.11. The number of amides is 2. The summed E-state index contributed by atoms with van der Waals surface area (Å²) in [6.45, 7) is 1.60. The number of aromatic amines is 1. The Hall–Kier alpha value is -1.34. The van der Waals surface area contributed by atoms with Gasteiger partial charge in [0.05, 0.1) is 19.2 Å². The maximum atomic E-state index is 11.4. The van der Waals surface area contributed by atoms with Crippen molar-refractivity contribution in [3.05, 3.63) is 20.7 Å². The van der Waals surface area contributed by atoms with Gasteiger partial charge in [-0.05, 0) is 6.42 Å². The normalized spacial score (nSPS) is 19.6. The molecule has 7 heteroatoms. The van der Waals surface area contributed by atoms with E-state index in [2.05, 4.69) is 15.6 Å². The van der Waals surface area contributed by atoms with Crippen LogP contribution in [0.2, 0.25) is 0 Å². The molecule has 0 saturated carbocycles. The summed E-state index contributed by atoms with van der Waals surface area (Å²) in [5.41, 5.74) is 0.716. The molecule has 1 aliphatic rings. The number of thiazole rings is 1. The predicted octanol–water partition coefficient (Wildman–Crippen LogP) is 0.0245. The SMILES string of the molecule is O=C(NCc1csc(=O)[nH]1)NC1CCOC1. The van der Waals surface area contributed by atoms with Crippen molar-refractivity contribution in [1.82, 2.24) is 15.6 Å². The highest BCUT2D eigenvalue weighted by Gasteiger charge is 2.17. The van der Waals surface area contributed by atoms with Gasteiger partial charge >= 0.3 is 10.9 Å².